The predicted octanol–water partition coefficient (Wildman–Crippen LogP) is -0.112. The van der Waals surface area contributed by atoms with Crippen LogP contribution in [0.15, 0.2) is 0 Å². The average molecular weight is 187 g/mol. The van der Waals surface area contributed by atoms with E-state index in [9.17, 15) is 9.90 Å². The number of nitrogens with zero attached hydrogens (tertiary/aromatic N) is 1. The van der Waals surface area contributed by atoms with E-state index in [0.717, 1.165) is 0 Å². The fourth-order valence-electron chi connectivity index (χ4n) is 2.20. The van der Waals surface area contributed by atoms with Crippen molar-refractivity contribution < 1.29 is 19.7 Å². The Morgan fingerprint density at radius 1 is 1.31 bits per heavy atom. The molecule has 1 amide bonds. The highest BCUT2D eigenvalue weighted by Crippen LogP contribution is 2.27. The van der Waals surface area contributed by atoms with Gasteiger partial charge in [0.2, 0.25) is 0 Å². The standard InChI is InChI=1S/C8H13NO4/c10-7-1-5-3-13-4-6(2-7)9(5)8(11)12/h5-7,10H,1-4H2,(H,11,12)/t5-,6+,7?. The number of piperidine rings is 1. The Bertz CT molecular complexity index is 206. The van der Waals surface area contributed by atoms with Gasteiger partial charge < -0.3 is 14.9 Å². The summed E-state index contributed by atoms with van der Waals surface area (Å²) in [4.78, 5) is 12.3. The Hall–Kier alpha value is -0.810. The quantitative estimate of drug-likeness (QED) is 0.555. The molecule has 0 saturated carbocycles. The van der Waals surface area contributed by atoms with Crippen molar-refractivity contribution in [1.82, 2.24) is 4.90 Å². The third-order valence-electron chi connectivity index (χ3n) is 2.72. The lowest BCUT2D eigenvalue weighted by molar-refractivity contribution is -0.0905. The highest BCUT2D eigenvalue weighted by molar-refractivity contribution is 5.66. The second-order valence-corrected chi connectivity index (χ2v) is 3.66. The molecule has 0 aromatic carbocycles. The highest BCUT2D eigenvalue weighted by Gasteiger charge is 2.41. The zero-order chi connectivity index (χ0) is 9.42. The number of hydrogen-bond acceptors (Lipinski definition) is 3. The first-order valence-corrected chi connectivity index (χ1v) is 4.45. The summed E-state index contributed by atoms with van der Waals surface area (Å²) in [5.74, 6) is 0. The third-order valence-corrected chi connectivity index (χ3v) is 2.72. The number of hydrogen-bond donors (Lipinski definition) is 2. The molecule has 5 nitrogen and oxygen atoms in total. The van der Waals surface area contributed by atoms with Crippen LogP contribution in [-0.2, 0) is 4.74 Å². The summed E-state index contributed by atoms with van der Waals surface area (Å²) < 4.78 is 5.25. The summed E-state index contributed by atoms with van der Waals surface area (Å²) in [6.07, 6.45) is -0.259. The maximum Gasteiger partial charge on any atom is 0.407 e. The molecule has 5 heteroatoms. The van der Waals surface area contributed by atoms with Crippen molar-refractivity contribution in [2.45, 2.75) is 31.0 Å². The third kappa shape index (κ3) is 1.49. The van der Waals surface area contributed by atoms with Crippen molar-refractivity contribution in [3.8, 4) is 0 Å². The first kappa shape index (κ1) is 8.77. The number of carbonyl (C=O) groups is 1. The van der Waals surface area contributed by atoms with Crippen LogP contribution in [0.3, 0.4) is 0 Å². The topological polar surface area (TPSA) is 70.0 Å². The van der Waals surface area contributed by atoms with Gasteiger partial charge in [-0.25, -0.2) is 4.79 Å². The molecule has 2 heterocycles. The van der Waals surface area contributed by atoms with Crippen molar-refractivity contribution >= 4 is 6.09 Å². The number of fused-ring (bicyclic) bond motifs is 2. The molecule has 2 N–H and O–H groups in total. The second-order valence-electron chi connectivity index (χ2n) is 3.66. The van der Waals surface area contributed by atoms with E-state index < -0.39 is 6.09 Å². The fraction of sp³-hybridized carbons (Fsp3) is 0.875. The molecule has 2 bridgehead atoms. The van der Waals surface area contributed by atoms with E-state index in [1.54, 1.807) is 0 Å². The van der Waals surface area contributed by atoms with Gasteiger partial charge in [0.05, 0.1) is 31.4 Å². The number of aliphatic hydroxyl groups is 1. The van der Waals surface area contributed by atoms with Crippen LogP contribution in [0.5, 0.6) is 0 Å². The summed E-state index contributed by atoms with van der Waals surface area (Å²) in [6.45, 7) is 0.833. The van der Waals surface area contributed by atoms with Gasteiger partial charge in [-0.3, -0.25) is 4.90 Å². The van der Waals surface area contributed by atoms with Crippen LogP contribution in [-0.4, -0.2) is 52.6 Å². The minimum absolute atomic E-state index is 0.153. The Labute approximate surface area is 75.9 Å². The highest BCUT2D eigenvalue weighted by atomic mass is 16.5. The zero-order valence-electron chi connectivity index (χ0n) is 7.22. The minimum atomic E-state index is -0.898. The minimum Gasteiger partial charge on any atom is -0.465 e. The first-order valence-electron chi connectivity index (χ1n) is 4.45. The second kappa shape index (κ2) is 3.16. The molecular formula is C8H13NO4. The molecule has 74 valence electrons. The van der Waals surface area contributed by atoms with Gasteiger partial charge in [-0.1, -0.05) is 0 Å². The fourth-order valence-corrected chi connectivity index (χ4v) is 2.20. The normalized spacial score (nSPS) is 38.8. The number of amides is 1. The van der Waals surface area contributed by atoms with Gasteiger partial charge >= 0.3 is 6.09 Å². The number of aliphatic hydroxyl groups excluding tert-OH is 1. The molecule has 2 rings (SSSR count). The van der Waals surface area contributed by atoms with Gasteiger partial charge in [0.1, 0.15) is 0 Å². The Morgan fingerprint density at radius 3 is 2.31 bits per heavy atom. The summed E-state index contributed by atoms with van der Waals surface area (Å²) >= 11 is 0. The van der Waals surface area contributed by atoms with Crippen molar-refractivity contribution in [1.29, 1.82) is 0 Å². The molecule has 2 saturated heterocycles. The van der Waals surface area contributed by atoms with Crippen molar-refractivity contribution in [3.05, 3.63) is 0 Å². The lowest BCUT2D eigenvalue weighted by Crippen LogP contribution is -2.59. The molecule has 0 aliphatic carbocycles. The molecule has 0 spiro atoms. The van der Waals surface area contributed by atoms with Gasteiger partial charge in [0, 0.05) is 0 Å². The number of morpholine rings is 1. The van der Waals surface area contributed by atoms with Crippen LogP contribution >= 0.6 is 0 Å². The Kier molecular flexibility index (Phi) is 2.13. The molecule has 0 radical (unpaired) electrons. The molecule has 2 aliphatic heterocycles. The van der Waals surface area contributed by atoms with Gasteiger partial charge in [0.25, 0.3) is 0 Å². The molecule has 1 unspecified atom stereocenters. The monoisotopic (exact) mass is 187 g/mol. The smallest absolute Gasteiger partial charge is 0.407 e. The lowest BCUT2D eigenvalue weighted by atomic mass is 9.92. The van der Waals surface area contributed by atoms with E-state index in [0.29, 0.717) is 26.1 Å². The van der Waals surface area contributed by atoms with Gasteiger partial charge in [0.15, 0.2) is 0 Å². The van der Waals surface area contributed by atoms with E-state index in [1.807, 2.05) is 0 Å². The zero-order valence-corrected chi connectivity index (χ0v) is 7.22. The van der Waals surface area contributed by atoms with Gasteiger partial charge in [-0.05, 0) is 12.8 Å². The van der Waals surface area contributed by atoms with Crippen LogP contribution in [0.2, 0.25) is 0 Å². The first-order chi connectivity index (χ1) is 6.18. The molecule has 13 heavy (non-hydrogen) atoms. The summed E-state index contributed by atoms with van der Waals surface area (Å²) in [5.41, 5.74) is 0. The lowest BCUT2D eigenvalue weighted by Gasteiger charge is -2.45. The molecule has 2 fully saturated rings. The molecule has 0 aromatic rings. The Morgan fingerprint density at radius 2 is 1.85 bits per heavy atom. The Balaban J connectivity index is 2.14. The average Bonchev–Trinajstić information content (AvgIpc) is 2.01. The van der Waals surface area contributed by atoms with Crippen molar-refractivity contribution in [3.63, 3.8) is 0 Å². The van der Waals surface area contributed by atoms with Crippen molar-refractivity contribution in [2.75, 3.05) is 13.2 Å². The van der Waals surface area contributed by atoms with Crippen molar-refractivity contribution in [2.24, 2.45) is 0 Å². The van der Waals surface area contributed by atoms with E-state index in [-0.39, 0.29) is 18.2 Å². The van der Waals surface area contributed by atoms with E-state index in [4.69, 9.17) is 9.84 Å². The van der Waals surface area contributed by atoms with E-state index in [2.05, 4.69) is 0 Å². The molecule has 3 atom stereocenters. The van der Waals surface area contributed by atoms with Crippen LogP contribution in [0.4, 0.5) is 4.79 Å². The van der Waals surface area contributed by atoms with Gasteiger partial charge in [-0.15, -0.1) is 0 Å². The predicted molar refractivity (Wildman–Crippen MR) is 43.5 cm³/mol. The summed E-state index contributed by atoms with van der Waals surface area (Å²) in [5, 5.41) is 18.4. The molecule has 0 aromatic heterocycles. The number of ether oxygens (including phenoxy) is 1. The van der Waals surface area contributed by atoms with Gasteiger partial charge in [-0.2, -0.15) is 0 Å². The van der Waals surface area contributed by atoms with Crippen LogP contribution < -0.4 is 0 Å². The largest absolute Gasteiger partial charge is 0.465 e. The molecular weight excluding hydrogens is 174 g/mol. The summed E-state index contributed by atoms with van der Waals surface area (Å²) in [7, 11) is 0. The maximum atomic E-state index is 10.9. The van der Waals surface area contributed by atoms with E-state index >= 15 is 0 Å². The maximum absolute atomic E-state index is 10.9. The number of rotatable bonds is 0. The summed E-state index contributed by atoms with van der Waals surface area (Å²) in [6, 6.07) is -0.306. The molecule has 2 aliphatic rings. The van der Waals surface area contributed by atoms with Crippen LogP contribution in [0.25, 0.3) is 0 Å². The van der Waals surface area contributed by atoms with E-state index in [1.165, 1.54) is 4.90 Å². The van der Waals surface area contributed by atoms with Crippen LogP contribution in [0.1, 0.15) is 12.8 Å². The number of carboxylic acid groups (broad SMARTS) is 1. The SMILES string of the molecule is O=C(O)N1[C@@H]2COC[C@H]1CC(O)C2. The van der Waals surface area contributed by atoms with Crippen LogP contribution in [0, 0.1) is 0 Å².